The Balaban J connectivity index is 1.18. The van der Waals surface area contributed by atoms with Crippen LogP contribution in [-0.4, -0.2) is 54.0 Å². The minimum absolute atomic E-state index is 0.0220. The molecular weight excluding hydrogens is 576 g/mol. The van der Waals surface area contributed by atoms with Gasteiger partial charge in [0.15, 0.2) is 6.23 Å². The van der Waals surface area contributed by atoms with Gasteiger partial charge in [-0.05, 0) is 93.0 Å². The average Bonchev–Trinajstić information content (AvgIpc) is 3.00. The minimum Gasteiger partial charge on any atom is -0.491 e. The predicted octanol–water partition coefficient (Wildman–Crippen LogP) is 6.55. The number of likely N-dealkylation sites (tertiary alicyclic amines) is 1. The number of hydrogen-bond donors (Lipinski definition) is 0. The molecule has 8 nitrogen and oxygen atoms in total. The number of carbonyl (C=O) groups is 2. The third kappa shape index (κ3) is 6.71. The Morgan fingerprint density at radius 2 is 1.77 bits per heavy atom. The molecule has 2 aromatic carbocycles. The molecule has 0 N–H and O–H groups in total. The highest BCUT2D eigenvalue weighted by atomic mass is 35.5. The number of carbonyl (C=O) groups excluding carboxylic acids is 2. The van der Waals surface area contributed by atoms with Gasteiger partial charge in [0.25, 0.3) is 0 Å². The summed E-state index contributed by atoms with van der Waals surface area (Å²) in [6.45, 7) is 6.15. The van der Waals surface area contributed by atoms with E-state index in [1.807, 2.05) is 74.6 Å². The summed E-state index contributed by atoms with van der Waals surface area (Å²) in [5.41, 5.74) is 3.78. The van der Waals surface area contributed by atoms with E-state index in [1.165, 1.54) is 0 Å². The first-order valence-corrected chi connectivity index (χ1v) is 16.1. The number of aromatic nitrogens is 1. The topological polar surface area (TPSA) is 75.2 Å². The minimum atomic E-state index is -0.665. The predicted molar refractivity (Wildman–Crippen MR) is 172 cm³/mol. The lowest BCUT2D eigenvalue weighted by molar-refractivity contribution is -0.144. The molecule has 9 heteroatoms. The van der Waals surface area contributed by atoms with Crippen LogP contribution in [0.2, 0.25) is 5.02 Å². The summed E-state index contributed by atoms with van der Waals surface area (Å²) in [5.74, 6) is 2.12. The van der Waals surface area contributed by atoms with Crippen LogP contribution in [0.3, 0.4) is 0 Å². The van der Waals surface area contributed by atoms with E-state index in [9.17, 15) is 9.59 Å². The zero-order chi connectivity index (χ0) is 30.8. The van der Waals surface area contributed by atoms with Crippen molar-refractivity contribution in [1.29, 1.82) is 0 Å². The molecule has 2 aliphatic heterocycles. The van der Waals surface area contributed by atoms with E-state index in [1.54, 1.807) is 4.90 Å². The number of rotatable bonds is 10. The van der Waals surface area contributed by atoms with Gasteiger partial charge in [-0.2, -0.15) is 0 Å². The molecule has 44 heavy (non-hydrogen) atoms. The Morgan fingerprint density at radius 3 is 2.41 bits per heavy atom. The number of benzene rings is 2. The smallest absolute Gasteiger partial charge is 0.235 e. The Kier molecular flexibility index (Phi) is 9.10. The number of β-lactam (4-membered cyclic amide) rings is 1. The molecule has 0 spiro atoms. The number of anilines is 2. The lowest BCUT2D eigenvalue weighted by atomic mass is 9.84. The molecule has 3 aromatic rings. The van der Waals surface area contributed by atoms with Crippen molar-refractivity contribution in [3.8, 4) is 5.75 Å². The van der Waals surface area contributed by atoms with E-state index in [0.29, 0.717) is 41.7 Å². The third-order valence-electron chi connectivity index (χ3n) is 9.02. The average molecular weight is 617 g/mol. The number of halogens is 1. The van der Waals surface area contributed by atoms with Crippen LogP contribution in [0, 0.1) is 5.92 Å². The van der Waals surface area contributed by atoms with Crippen molar-refractivity contribution < 1.29 is 19.1 Å². The van der Waals surface area contributed by atoms with Crippen LogP contribution in [0.5, 0.6) is 5.75 Å². The summed E-state index contributed by atoms with van der Waals surface area (Å²) in [7, 11) is 2.10. The van der Waals surface area contributed by atoms with Crippen molar-refractivity contribution in [3.63, 3.8) is 0 Å². The van der Waals surface area contributed by atoms with Crippen LogP contribution >= 0.6 is 11.6 Å². The number of hydrogen-bond acceptors (Lipinski definition) is 6. The van der Waals surface area contributed by atoms with Gasteiger partial charge in [-0.25, -0.2) is 4.98 Å². The Morgan fingerprint density at radius 1 is 1.00 bits per heavy atom. The first-order chi connectivity index (χ1) is 21.2. The van der Waals surface area contributed by atoms with Crippen molar-refractivity contribution in [2.24, 2.45) is 5.92 Å². The van der Waals surface area contributed by atoms with Crippen LogP contribution in [0.15, 0.2) is 60.8 Å². The molecule has 0 unspecified atom stereocenters. The lowest BCUT2D eigenvalue weighted by Gasteiger charge is -2.42. The second kappa shape index (κ2) is 13.2. The van der Waals surface area contributed by atoms with Gasteiger partial charge in [0, 0.05) is 43.2 Å². The van der Waals surface area contributed by atoms with Gasteiger partial charge in [-0.1, -0.05) is 29.8 Å². The monoisotopic (exact) mass is 616 g/mol. The van der Waals surface area contributed by atoms with E-state index in [4.69, 9.17) is 26.1 Å². The van der Waals surface area contributed by atoms with Crippen molar-refractivity contribution in [3.05, 3.63) is 82.5 Å². The van der Waals surface area contributed by atoms with E-state index < -0.39 is 6.23 Å². The van der Waals surface area contributed by atoms with Crippen LogP contribution in [-0.2, 0) is 27.4 Å². The van der Waals surface area contributed by atoms with Crippen molar-refractivity contribution >= 4 is 34.9 Å². The largest absolute Gasteiger partial charge is 0.491 e. The second-order valence-electron chi connectivity index (χ2n) is 12.5. The van der Waals surface area contributed by atoms with Crippen LogP contribution in [0.1, 0.15) is 68.9 Å². The first-order valence-electron chi connectivity index (χ1n) is 15.7. The van der Waals surface area contributed by atoms with Gasteiger partial charge in [-0.15, -0.1) is 0 Å². The molecule has 1 aliphatic carbocycles. The highest BCUT2D eigenvalue weighted by Crippen LogP contribution is 2.38. The molecule has 2 fully saturated rings. The molecule has 3 aliphatic rings. The van der Waals surface area contributed by atoms with Gasteiger partial charge >= 0.3 is 0 Å². The van der Waals surface area contributed by atoms with E-state index >= 15 is 0 Å². The Hall–Kier alpha value is -3.62. The molecule has 1 saturated carbocycles. The number of nitrogens with zero attached hydrogens (tertiary/aromatic N) is 4. The van der Waals surface area contributed by atoms with Gasteiger partial charge < -0.3 is 19.3 Å². The molecule has 1 saturated heterocycles. The van der Waals surface area contributed by atoms with Crippen LogP contribution < -0.4 is 14.5 Å². The summed E-state index contributed by atoms with van der Waals surface area (Å²) in [5, 5.41) is 0.661. The Bertz CT molecular complexity index is 1470. The molecule has 2 amide bonds. The normalized spacial score (nSPS) is 21.7. The highest BCUT2D eigenvalue weighted by molar-refractivity contribution is 6.30. The SMILES string of the molecule is CC(C)Oc1ccc2c(c1)[C@H](OCc1ccc(Cl)cc1)N(c1ccc(N(C)CC3CCC(N4CCC4=O)CC3)cn1)C(=O)C2. The molecule has 232 valence electrons. The summed E-state index contributed by atoms with van der Waals surface area (Å²) in [4.78, 5) is 36.2. The van der Waals surface area contributed by atoms with Gasteiger partial charge in [0.05, 0.1) is 31.0 Å². The molecule has 3 heterocycles. The Labute approximate surface area is 264 Å². The van der Waals surface area contributed by atoms with Crippen molar-refractivity contribution in [1.82, 2.24) is 9.88 Å². The fourth-order valence-electron chi connectivity index (χ4n) is 6.59. The molecule has 0 bridgehead atoms. The fraction of sp³-hybridized carbons (Fsp3) is 0.457. The highest BCUT2D eigenvalue weighted by Gasteiger charge is 2.36. The standard InChI is InChI=1S/C35H41ClN4O4/c1-23(2)44-30-14-8-26-18-34(42)40(35(31(26)19-30)43-22-25-4-9-27(36)10-5-25)32-15-13-29(20-37-32)38(3)21-24-6-11-28(12-7-24)39-17-16-33(39)41/h4-5,8-10,13-15,19-20,23-24,28,35H,6-7,11-12,16-18,21-22H2,1-3H3/t24?,28?,35-/m0/s1. The van der Waals surface area contributed by atoms with Crippen molar-refractivity contribution in [2.75, 3.05) is 29.9 Å². The van der Waals surface area contributed by atoms with Gasteiger partial charge in [-0.3, -0.25) is 14.5 Å². The summed E-state index contributed by atoms with van der Waals surface area (Å²) < 4.78 is 12.5. The maximum atomic E-state index is 13.6. The summed E-state index contributed by atoms with van der Waals surface area (Å²) in [6.07, 6.45) is 6.59. The first kappa shape index (κ1) is 30.4. The second-order valence-corrected chi connectivity index (χ2v) is 13.0. The zero-order valence-corrected chi connectivity index (χ0v) is 26.5. The molecule has 0 radical (unpaired) electrons. The maximum absolute atomic E-state index is 13.6. The summed E-state index contributed by atoms with van der Waals surface area (Å²) in [6, 6.07) is 17.7. The summed E-state index contributed by atoms with van der Waals surface area (Å²) >= 11 is 6.10. The molecule has 1 aromatic heterocycles. The number of fused-ring (bicyclic) bond motifs is 1. The molecule has 1 atom stereocenters. The van der Waals surface area contributed by atoms with E-state index in [2.05, 4.69) is 16.8 Å². The van der Waals surface area contributed by atoms with E-state index in [-0.39, 0.29) is 18.4 Å². The van der Waals surface area contributed by atoms with Crippen LogP contribution in [0.4, 0.5) is 11.5 Å². The fourth-order valence-corrected chi connectivity index (χ4v) is 6.72. The number of ether oxygens (including phenoxy) is 2. The van der Waals surface area contributed by atoms with Gasteiger partial charge in [0.1, 0.15) is 11.6 Å². The van der Waals surface area contributed by atoms with E-state index in [0.717, 1.165) is 66.9 Å². The number of pyridine rings is 1. The zero-order valence-electron chi connectivity index (χ0n) is 25.7. The third-order valence-corrected chi connectivity index (χ3v) is 9.27. The van der Waals surface area contributed by atoms with Gasteiger partial charge in [0.2, 0.25) is 11.8 Å². The maximum Gasteiger partial charge on any atom is 0.235 e. The van der Waals surface area contributed by atoms with Crippen LogP contribution in [0.25, 0.3) is 0 Å². The lowest BCUT2D eigenvalue weighted by Crippen LogP contribution is -2.51. The van der Waals surface area contributed by atoms with Crippen molar-refractivity contribution in [2.45, 2.75) is 77.4 Å². The molecular formula is C35H41ClN4O4. The number of amides is 2. The molecule has 6 rings (SSSR count). The quantitative estimate of drug-likeness (QED) is 0.240.